The van der Waals surface area contributed by atoms with E-state index in [4.69, 9.17) is 11.6 Å². The van der Waals surface area contributed by atoms with Gasteiger partial charge >= 0.3 is 0 Å². The Morgan fingerprint density at radius 2 is 2.05 bits per heavy atom. The molecule has 1 heterocycles. The van der Waals surface area contributed by atoms with Crippen molar-refractivity contribution in [2.45, 2.75) is 26.7 Å². The van der Waals surface area contributed by atoms with Crippen molar-refractivity contribution in [1.29, 1.82) is 0 Å². The molecule has 2 aromatic rings. The minimum atomic E-state index is -0.266. The molecule has 0 fully saturated rings. The van der Waals surface area contributed by atoms with E-state index in [0.717, 1.165) is 18.5 Å². The van der Waals surface area contributed by atoms with Crippen LogP contribution >= 0.6 is 27.5 Å². The molecule has 0 bridgehead atoms. The van der Waals surface area contributed by atoms with E-state index in [0.29, 0.717) is 26.6 Å². The predicted octanol–water partition coefficient (Wildman–Crippen LogP) is 4.96. The summed E-state index contributed by atoms with van der Waals surface area (Å²) in [6, 6.07) is 4.95. The van der Waals surface area contributed by atoms with Gasteiger partial charge in [-0.05, 0) is 40.9 Å². The van der Waals surface area contributed by atoms with Gasteiger partial charge in [0.25, 0.3) is 0 Å². The van der Waals surface area contributed by atoms with Crippen LogP contribution in [-0.4, -0.2) is 9.97 Å². The molecule has 5 heteroatoms. The Morgan fingerprint density at radius 3 is 2.68 bits per heavy atom. The normalized spacial score (nSPS) is 10.8. The topological polar surface area (TPSA) is 25.8 Å². The summed E-state index contributed by atoms with van der Waals surface area (Å²) in [5.41, 5.74) is 2.08. The first-order valence-electron chi connectivity index (χ1n) is 6.01. The standard InChI is InChI=1S/C14H13BrClFN2/c1-3-4-11-12(15)13(16)19-14(18-11)9-6-5-8(2)10(17)7-9/h5-7H,3-4H2,1-2H3. The highest BCUT2D eigenvalue weighted by Crippen LogP contribution is 2.28. The third-order valence-electron chi connectivity index (χ3n) is 2.80. The third kappa shape index (κ3) is 3.12. The Morgan fingerprint density at radius 1 is 1.32 bits per heavy atom. The van der Waals surface area contributed by atoms with Gasteiger partial charge < -0.3 is 0 Å². The Balaban J connectivity index is 2.52. The van der Waals surface area contributed by atoms with E-state index in [-0.39, 0.29) is 5.82 Å². The first kappa shape index (κ1) is 14.4. The Bertz CT molecular complexity index is 617. The minimum Gasteiger partial charge on any atom is -0.232 e. The van der Waals surface area contributed by atoms with Crippen LogP contribution < -0.4 is 0 Å². The SMILES string of the molecule is CCCc1nc(-c2ccc(C)c(F)c2)nc(Cl)c1Br. The van der Waals surface area contributed by atoms with Gasteiger partial charge in [-0.3, -0.25) is 0 Å². The van der Waals surface area contributed by atoms with Crippen molar-refractivity contribution in [3.63, 3.8) is 0 Å². The van der Waals surface area contributed by atoms with Crippen molar-refractivity contribution in [1.82, 2.24) is 9.97 Å². The van der Waals surface area contributed by atoms with Crippen LogP contribution in [0.3, 0.4) is 0 Å². The molecular weight excluding hydrogens is 331 g/mol. The molecule has 0 spiro atoms. The quantitative estimate of drug-likeness (QED) is 0.736. The Labute approximate surface area is 125 Å². The van der Waals surface area contributed by atoms with Gasteiger partial charge in [-0.2, -0.15) is 0 Å². The Hall–Kier alpha value is -1.00. The van der Waals surface area contributed by atoms with Crippen molar-refractivity contribution in [2.75, 3.05) is 0 Å². The van der Waals surface area contributed by atoms with E-state index < -0.39 is 0 Å². The smallest absolute Gasteiger partial charge is 0.161 e. The Kier molecular flexibility index (Phi) is 4.53. The van der Waals surface area contributed by atoms with Crippen LogP contribution in [0.5, 0.6) is 0 Å². The first-order chi connectivity index (χ1) is 9.02. The highest BCUT2D eigenvalue weighted by atomic mass is 79.9. The van der Waals surface area contributed by atoms with Gasteiger partial charge in [0.05, 0.1) is 10.2 Å². The van der Waals surface area contributed by atoms with Gasteiger partial charge in [0.1, 0.15) is 11.0 Å². The number of benzene rings is 1. The summed E-state index contributed by atoms with van der Waals surface area (Å²) in [5.74, 6) is 0.188. The molecule has 0 aliphatic heterocycles. The van der Waals surface area contributed by atoms with E-state index in [9.17, 15) is 4.39 Å². The van der Waals surface area contributed by atoms with Crippen LogP contribution in [-0.2, 0) is 6.42 Å². The molecule has 0 radical (unpaired) electrons. The monoisotopic (exact) mass is 342 g/mol. The zero-order valence-corrected chi connectivity index (χ0v) is 13.0. The summed E-state index contributed by atoms with van der Waals surface area (Å²) >= 11 is 9.47. The number of hydrogen-bond donors (Lipinski definition) is 0. The second-order valence-corrected chi connectivity index (χ2v) is 5.46. The van der Waals surface area contributed by atoms with Crippen molar-refractivity contribution in [3.8, 4) is 11.4 Å². The molecule has 1 aromatic heterocycles. The van der Waals surface area contributed by atoms with E-state index in [1.807, 2.05) is 0 Å². The van der Waals surface area contributed by atoms with Gasteiger partial charge in [0.15, 0.2) is 5.82 Å². The third-order valence-corrected chi connectivity index (χ3v) is 4.13. The molecule has 0 unspecified atom stereocenters. The van der Waals surface area contributed by atoms with Crippen LogP contribution in [0.15, 0.2) is 22.7 Å². The van der Waals surface area contributed by atoms with Gasteiger partial charge in [-0.15, -0.1) is 0 Å². The van der Waals surface area contributed by atoms with Gasteiger partial charge in [0, 0.05) is 5.56 Å². The molecule has 0 aliphatic rings. The van der Waals surface area contributed by atoms with Crippen LogP contribution in [0, 0.1) is 12.7 Å². The zero-order chi connectivity index (χ0) is 14.0. The molecule has 0 atom stereocenters. The molecule has 2 nitrogen and oxygen atoms in total. The van der Waals surface area contributed by atoms with Crippen molar-refractivity contribution < 1.29 is 4.39 Å². The second-order valence-electron chi connectivity index (χ2n) is 4.31. The highest BCUT2D eigenvalue weighted by molar-refractivity contribution is 9.10. The highest BCUT2D eigenvalue weighted by Gasteiger charge is 2.12. The number of aromatic nitrogens is 2. The maximum absolute atomic E-state index is 13.6. The van der Waals surface area contributed by atoms with Crippen molar-refractivity contribution in [3.05, 3.63) is 44.9 Å². The number of hydrogen-bond acceptors (Lipinski definition) is 2. The van der Waals surface area contributed by atoms with Crippen LogP contribution in [0.4, 0.5) is 4.39 Å². The summed E-state index contributed by atoms with van der Waals surface area (Å²) < 4.78 is 14.3. The van der Waals surface area contributed by atoms with Gasteiger partial charge in [0.2, 0.25) is 0 Å². The van der Waals surface area contributed by atoms with Crippen molar-refractivity contribution in [2.24, 2.45) is 0 Å². The summed E-state index contributed by atoms with van der Waals surface area (Å²) in [6.07, 6.45) is 1.75. The number of nitrogens with zero attached hydrogens (tertiary/aromatic N) is 2. The second kappa shape index (κ2) is 5.97. The maximum atomic E-state index is 13.6. The molecule has 0 amide bonds. The molecule has 1 aromatic carbocycles. The predicted molar refractivity (Wildman–Crippen MR) is 78.9 cm³/mol. The largest absolute Gasteiger partial charge is 0.232 e. The maximum Gasteiger partial charge on any atom is 0.161 e. The van der Waals surface area contributed by atoms with E-state index in [2.05, 4.69) is 32.8 Å². The average Bonchev–Trinajstić information content (AvgIpc) is 2.38. The fourth-order valence-corrected chi connectivity index (χ4v) is 2.29. The molecule has 100 valence electrons. The number of aryl methyl sites for hydroxylation is 2. The number of halogens is 3. The molecular formula is C14H13BrClFN2. The molecule has 0 aliphatic carbocycles. The fraction of sp³-hybridized carbons (Fsp3) is 0.286. The summed E-state index contributed by atoms with van der Waals surface area (Å²) in [6.45, 7) is 3.78. The summed E-state index contributed by atoms with van der Waals surface area (Å²) in [7, 11) is 0. The lowest BCUT2D eigenvalue weighted by Crippen LogP contribution is -1.99. The minimum absolute atomic E-state index is 0.266. The van der Waals surface area contributed by atoms with E-state index in [1.54, 1.807) is 19.1 Å². The zero-order valence-electron chi connectivity index (χ0n) is 10.7. The first-order valence-corrected chi connectivity index (χ1v) is 7.18. The van der Waals surface area contributed by atoms with Crippen molar-refractivity contribution >= 4 is 27.5 Å². The van der Waals surface area contributed by atoms with E-state index in [1.165, 1.54) is 6.07 Å². The van der Waals surface area contributed by atoms with Gasteiger partial charge in [-0.1, -0.05) is 37.1 Å². The lowest BCUT2D eigenvalue weighted by molar-refractivity contribution is 0.619. The van der Waals surface area contributed by atoms with Gasteiger partial charge in [-0.25, -0.2) is 14.4 Å². The molecule has 19 heavy (non-hydrogen) atoms. The lowest BCUT2D eigenvalue weighted by Gasteiger charge is -2.08. The lowest BCUT2D eigenvalue weighted by atomic mass is 10.1. The number of rotatable bonds is 3. The van der Waals surface area contributed by atoms with Crippen LogP contribution in [0.1, 0.15) is 24.6 Å². The molecule has 0 saturated carbocycles. The van der Waals surface area contributed by atoms with Crippen LogP contribution in [0.2, 0.25) is 5.15 Å². The average molecular weight is 344 g/mol. The van der Waals surface area contributed by atoms with Crippen LogP contribution in [0.25, 0.3) is 11.4 Å². The summed E-state index contributed by atoms with van der Waals surface area (Å²) in [4.78, 5) is 8.65. The van der Waals surface area contributed by atoms with E-state index >= 15 is 0 Å². The molecule has 2 rings (SSSR count). The molecule has 0 N–H and O–H groups in total. The molecule has 0 saturated heterocycles. The summed E-state index contributed by atoms with van der Waals surface area (Å²) in [5, 5.41) is 0.356. The fourth-order valence-electron chi connectivity index (χ4n) is 1.73.